The molecule has 2 heteroatoms. The van der Waals surface area contributed by atoms with Gasteiger partial charge in [0.2, 0.25) is 0 Å². The molecule has 0 amide bonds. The van der Waals surface area contributed by atoms with Gasteiger partial charge in [-0.3, -0.25) is 5.32 Å². The molecule has 0 heterocycles. The molecule has 0 bridgehead atoms. The lowest BCUT2D eigenvalue weighted by Crippen LogP contribution is -2.51. The van der Waals surface area contributed by atoms with Crippen LogP contribution < -0.4 is 5.32 Å². The Bertz CT molecular complexity index is 299. The summed E-state index contributed by atoms with van der Waals surface area (Å²) in [6.45, 7) is 4.60. The van der Waals surface area contributed by atoms with Crippen molar-refractivity contribution in [2.45, 2.75) is 83.2 Å². The van der Waals surface area contributed by atoms with Crippen LogP contribution in [-0.2, 0) is 0 Å². The van der Waals surface area contributed by atoms with Crippen LogP contribution in [0, 0.1) is 23.2 Å². The van der Waals surface area contributed by atoms with Crippen LogP contribution in [0.3, 0.4) is 0 Å². The normalized spacial score (nSPS) is 33.8. The van der Waals surface area contributed by atoms with E-state index in [9.17, 15) is 5.26 Å². The Kier molecular flexibility index (Phi) is 4.67. The molecule has 0 radical (unpaired) electrons. The first kappa shape index (κ1) is 13.9. The molecular weight excluding hydrogens is 220 g/mol. The molecule has 18 heavy (non-hydrogen) atoms. The van der Waals surface area contributed by atoms with Crippen LogP contribution in [0.15, 0.2) is 0 Å². The molecule has 2 atom stereocenters. The highest BCUT2D eigenvalue weighted by Gasteiger charge is 2.38. The van der Waals surface area contributed by atoms with Gasteiger partial charge >= 0.3 is 0 Å². The first-order chi connectivity index (χ1) is 8.63. The Labute approximate surface area is 112 Å². The lowest BCUT2D eigenvalue weighted by molar-refractivity contribution is 0.192. The van der Waals surface area contributed by atoms with E-state index < -0.39 is 0 Å². The summed E-state index contributed by atoms with van der Waals surface area (Å²) in [6, 6.07) is 3.25. The minimum Gasteiger partial charge on any atom is -0.297 e. The summed E-state index contributed by atoms with van der Waals surface area (Å²) in [7, 11) is 0. The topological polar surface area (TPSA) is 35.8 Å². The molecule has 2 nitrogen and oxygen atoms in total. The van der Waals surface area contributed by atoms with Gasteiger partial charge in [-0.05, 0) is 43.9 Å². The van der Waals surface area contributed by atoms with Crippen LogP contribution >= 0.6 is 0 Å². The maximum absolute atomic E-state index is 9.64. The van der Waals surface area contributed by atoms with Crippen molar-refractivity contribution in [1.82, 2.24) is 5.32 Å². The number of nitrogens with zero attached hydrogens (tertiary/aromatic N) is 1. The quantitative estimate of drug-likeness (QED) is 0.815. The standard InChI is InChI=1S/C16H28N2/c1-13(2)10-14-6-5-9-16(11-14,12-17)18-15-7-3-4-8-15/h13-15,18H,3-11H2,1-2H3. The molecule has 2 saturated carbocycles. The summed E-state index contributed by atoms with van der Waals surface area (Å²) >= 11 is 0. The van der Waals surface area contributed by atoms with Crippen molar-refractivity contribution in [2.75, 3.05) is 0 Å². The molecule has 102 valence electrons. The van der Waals surface area contributed by atoms with E-state index in [4.69, 9.17) is 0 Å². The van der Waals surface area contributed by atoms with Crippen molar-refractivity contribution >= 4 is 0 Å². The molecular formula is C16H28N2. The van der Waals surface area contributed by atoms with Crippen molar-refractivity contribution < 1.29 is 0 Å². The molecule has 0 aliphatic heterocycles. The summed E-state index contributed by atoms with van der Waals surface area (Å²) in [5, 5.41) is 13.4. The fourth-order valence-electron chi connectivity index (χ4n) is 3.98. The monoisotopic (exact) mass is 248 g/mol. The van der Waals surface area contributed by atoms with Crippen LogP contribution in [-0.4, -0.2) is 11.6 Å². The van der Waals surface area contributed by atoms with Gasteiger partial charge in [0.1, 0.15) is 5.54 Å². The molecule has 2 aliphatic rings. The molecule has 1 N–H and O–H groups in total. The molecule has 2 unspecified atom stereocenters. The van der Waals surface area contributed by atoms with Crippen molar-refractivity contribution in [3.8, 4) is 6.07 Å². The second-order valence-electron chi connectivity index (χ2n) is 6.91. The van der Waals surface area contributed by atoms with Gasteiger partial charge in [0.15, 0.2) is 0 Å². The Hall–Kier alpha value is -0.550. The molecule has 0 aromatic heterocycles. The van der Waals surface area contributed by atoms with Gasteiger partial charge in [0, 0.05) is 6.04 Å². The van der Waals surface area contributed by atoms with Crippen LogP contribution in [0.2, 0.25) is 0 Å². The number of rotatable bonds is 4. The zero-order valence-electron chi connectivity index (χ0n) is 12.0. The Morgan fingerprint density at radius 1 is 1.22 bits per heavy atom. The Balaban J connectivity index is 1.95. The van der Waals surface area contributed by atoms with E-state index in [0.717, 1.165) is 24.7 Å². The number of hydrogen-bond donors (Lipinski definition) is 1. The Morgan fingerprint density at radius 3 is 2.56 bits per heavy atom. The molecule has 0 aromatic carbocycles. The third-order valence-corrected chi connectivity index (χ3v) is 4.71. The zero-order valence-corrected chi connectivity index (χ0v) is 12.0. The maximum atomic E-state index is 9.64. The molecule has 2 aliphatic carbocycles. The van der Waals surface area contributed by atoms with E-state index in [2.05, 4.69) is 25.2 Å². The highest BCUT2D eigenvalue weighted by Crippen LogP contribution is 2.37. The van der Waals surface area contributed by atoms with E-state index >= 15 is 0 Å². The average molecular weight is 248 g/mol. The summed E-state index contributed by atoms with van der Waals surface area (Å²) in [5.74, 6) is 1.52. The highest BCUT2D eigenvalue weighted by molar-refractivity contribution is 5.11. The summed E-state index contributed by atoms with van der Waals surface area (Å²) < 4.78 is 0. The summed E-state index contributed by atoms with van der Waals surface area (Å²) in [5.41, 5.74) is -0.202. The zero-order chi connectivity index (χ0) is 13.0. The first-order valence-electron chi connectivity index (χ1n) is 7.82. The largest absolute Gasteiger partial charge is 0.297 e. The van der Waals surface area contributed by atoms with Crippen LogP contribution in [0.4, 0.5) is 0 Å². The van der Waals surface area contributed by atoms with Gasteiger partial charge < -0.3 is 0 Å². The fraction of sp³-hybridized carbons (Fsp3) is 0.938. The van der Waals surface area contributed by atoms with E-state index in [1.54, 1.807) is 0 Å². The van der Waals surface area contributed by atoms with Gasteiger partial charge in [-0.1, -0.05) is 39.5 Å². The highest BCUT2D eigenvalue weighted by atomic mass is 15.0. The van der Waals surface area contributed by atoms with Crippen LogP contribution in [0.1, 0.15) is 71.6 Å². The average Bonchev–Trinajstić information content (AvgIpc) is 2.81. The van der Waals surface area contributed by atoms with Crippen molar-refractivity contribution in [2.24, 2.45) is 11.8 Å². The number of nitriles is 1. The van der Waals surface area contributed by atoms with Gasteiger partial charge in [-0.15, -0.1) is 0 Å². The lowest BCUT2D eigenvalue weighted by atomic mass is 9.73. The minimum absolute atomic E-state index is 0.202. The SMILES string of the molecule is CC(C)CC1CCCC(C#N)(NC2CCCC2)C1. The maximum Gasteiger partial charge on any atom is 0.107 e. The molecule has 0 aromatic rings. The molecule has 0 spiro atoms. The van der Waals surface area contributed by atoms with Gasteiger partial charge in [-0.25, -0.2) is 0 Å². The van der Waals surface area contributed by atoms with Gasteiger partial charge in [-0.2, -0.15) is 5.26 Å². The van der Waals surface area contributed by atoms with E-state index in [0.29, 0.717) is 6.04 Å². The van der Waals surface area contributed by atoms with E-state index in [1.165, 1.54) is 44.9 Å². The smallest absolute Gasteiger partial charge is 0.107 e. The summed E-state index contributed by atoms with van der Waals surface area (Å²) in [4.78, 5) is 0. The van der Waals surface area contributed by atoms with E-state index in [-0.39, 0.29) is 5.54 Å². The predicted molar refractivity (Wildman–Crippen MR) is 75.1 cm³/mol. The molecule has 2 fully saturated rings. The fourth-order valence-corrected chi connectivity index (χ4v) is 3.98. The molecule has 2 rings (SSSR count). The second-order valence-corrected chi connectivity index (χ2v) is 6.91. The van der Waals surface area contributed by atoms with Gasteiger partial charge in [0.25, 0.3) is 0 Å². The van der Waals surface area contributed by atoms with Crippen molar-refractivity contribution in [3.05, 3.63) is 0 Å². The third-order valence-electron chi connectivity index (χ3n) is 4.71. The summed E-state index contributed by atoms with van der Waals surface area (Å²) in [6.07, 6.45) is 11.2. The second kappa shape index (κ2) is 6.06. The van der Waals surface area contributed by atoms with Gasteiger partial charge in [0.05, 0.1) is 6.07 Å². The number of nitrogens with one attached hydrogen (secondary N) is 1. The van der Waals surface area contributed by atoms with Crippen LogP contribution in [0.5, 0.6) is 0 Å². The third kappa shape index (κ3) is 3.48. The first-order valence-corrected chi connectivity index (χ1v) is 7.82. The van der Waals surface area contributed by atoms with Crippen molar-refractivity contribution in [1.29, 1.82) is 5.26 Å². The predicted octanol–water partition coefficient (Wildman–Crippen LogP) is 4.02. The van der Waals surface area contributed by atoms with E-state index in [1.807, 2.05) is 0 Å². The number of hydrogen-bond acceptors (Lipinski definition) is 2. The van der Waals surface area contributed by atoms with Crippen molar-refractivity contribution in [3.63, 3.8) is 0 Å². The lowest BCUT2D eigenvalue weighted by Gasteiger charge is -2.39. The van der Waals surface area contributed by atoms with Crippen LogP contribution in [0.25, 0.3) is 0 Å². The Morgan fingerprint density at radius 2 is 1.94 bits per heavy atom. The minimum atomic E-state index is -0.202. The molecule has 0 saturated heterocycles.